The van der Waals surface area contributed by atoms with E-state index in [1.54, 1.807) is 24.3 Å². The molecular weight excluding hydrogens is 536 g/mol. The summed E-state index contributed by atoms with van der Waals surface area (Å²) >= 11 is 1.19. The topological polar surface area (TPSA) is 227 Å². The largest absolute Gasteiger partial charge is 0.491 e. The number of carboxylic acids is 2. The van der Waals surface area contributed by atoms with Crippen molar-refractivity contribution in [3.8, 4) is 5.75 Å². The van der Waals surface area contributed by atoms with Gasteiger partial charge in [-0.1, -0.05) is 0 Å². The average molecular weight is 573 g/mol. The van der Waals surface area contributed by atoms with E-state index in [0.717, 1.165) is 0 Å². The Balaban J connectivity index is 2.48. The number of ether oxygens (including phenoxy) is 2. The van der Waals surface area contributed by atoms with Crippen LogP contribution in [-0.4, -0.2) is 101 Å². The van der Waals surface area contributed by atoms with Gasteiger partial charge in [0.05, 0.1) is 6.61 Å². The van der Waals surface area contributed by atoms with Crippen molar-refractivity contribution in [3.63, 3.8) is 0 Å². The number of thioether (sulfide) groups is 1. The molecule has 14 nitrogen and oxygen atoms in total. The van der Waals surface area contributed by atoms with Crippen LogP contribution in [0.15, 0.2) is 24.3 Å². The van der Waals surface area contributed by atoms with E-state index in [9.17, 15) is 29.1 Å². The first-order valence-electron chi connectivity index (χ1n) is 12.1. The molecule has 0 aliphatic rings. The van der Waals surface area contributed by atoms with Crippen LogP contribution in [0, 0.1) is 0 Å². The summed E-state index contributed by atoms with van der Waals surface area (Å²) in [6.07, 6.45) is -1.03. The van der Waals surface area contributed by atoms with Crippen molar-refractivity contribution < 1.29 is 48.8 Å². The lowest BCUT2D eigenvalue weighted by Crippen LogP contribution is -2.49. The number of aliphatic hydroxyl groups is 1. The highest BCUT2D eigenvalue weighted by Crippen LogP contribution is 2.16. The minimum absolute atomic E-state index is 0.0522. The predicted molar refractivity (Wildman–Crippen MR) is 142 cm³/mol. The van der Waals surface area contributed by atoms with Gasteiger partial charge >= 0.3 is 11.9 Å². The van der Waals surface area contributed by atoms with Crippen LogP contribution >= 0.6 is 11.8 Å². The second-order valence-electron chi connectivity index (χ2n) is 8.24. The fourth-order valence-electron chi connectivity index (χ4n) is 2.86. The highest BCUT2D eigenvalue weighted by atomic mass is 32.2. The summed E-state index contributed by atoms with van der Waals surface area (Å²) in [5.41, 5.74) is 5.91. The molecule has 218 valence electrons. The molecule has 0 aliphatic heterocycles. The Morgan fingerprint density at radius 2 is 1.72 bits per heavy atom. The van der Waals surface area contributed by atoms with E-state index in [0.29, 0.717) is 23.8 Å². The van der Waals surface area contributed by atoms with E-state index in [4.69, 9.17) is 25.4 Å². The first-order valence-corrected chi connectivity index (χ1v) is 13.3. The van der Waals surface area contributed by atoms with Crippen molar-refractivity contribution in [2.75, 3.05) is 43.2 Å². The van der Waals surface area contributed by atoms with Gasteiger partial charge in [-0.3, -0.25) is 24.0 Å². The van der Waals surface area contributed by atoms with Crippen LogP contribution in [0.4, 0.5) is 5.69 Å². The molecule has 1 aromatic rings. The summed E-state index contributed by atoms with van der Waals surface area (Å²) < 4.78 is 10.6. The summed E-state index contributed by atoms with van der Waals surface area (Å²) in [5.74, 6) is -3.28. The van der Waals surface area contributed by atoms with Crippen LogP contribution in [-0.2, 0) is 28.7 Å². The van der Waals surface area contributed by atoms with Gasteiger partial charge in [0.1, 0.15) is 37.1 Å². The summed E-state index contributed by atoms with van der Waals surface area (Å²) in [6.45, 7) is 1.92. The fraction of sp³-hybridized carbons (Fsp3) is 0.542. The Kier molecular flexibility index (Phi) is 16.2. The van der Waals surface area contributed by atoms with Crippen LogP contribution < -0.4 is 26.4 Å². The number of aliphatic carboxylic acids is 2. The summed E-state index contributed by atoms with van der Waals surface area (Å²) in [7, 11) is 0. The fourth-order valence-corrected chi connectivity index (χ4v) is 3.83. The Morgan fingerprint density at radius 1 is 1.03 bits per heavy atom. The third-order valence-electron chi connectivity index (χ3n) is 4.92. The number of rotatable bonds is 20. The third-order valence-corrected chi connectivity index (χ3v) is 5.98. The molecule has 3 atom stereocenters. The zero-order valence-electron chi connectivity index (χ0n) is 21.6. The quantitative estimate of drug-likeness (QED) is 0.0972. The predicted octanol–water partition coefficient (Wildman–Crippen LogP) is -0.598. The maximum absolute atomic E-state index is 12.3. The molecule has 0 spiro atoms. The van der Waals surface area contributed by atoms with Crippen LogP contribution in [0.5, 0.6) is 5.75 Å². The molecule has 0 radical (unpaired) electrons. The molecule has 0 saturated heterocycles. The average Bonchev–Trinajstić information content (AvgIpc) is 2.90. The smallest absolute Gasteiger partial charge is 0.322 e. The molecule has 3 amide bonds. The molecule has 1 unspecified atom stereocenters. The number of benzene rings is 1. The van der Waals surface area contributed by atoms with Crippen molar-refractivity contribution in [2.45, 2.75) is 44.4 Å². The van der Waals surface area contributed by atoms with Crippen LogP contribution in [0.1, 0.15) is 26.2 Å². The van der Waals surface area contributed by atoms with Gasteiger partial charge in [-0.25, -0.2) is 0 Å². The number of hydrogen-bond acceptors (Lipinski definition) is 10. The van der Waals surface area contributed by atoms with E-state index < -0.39 is 48.5 Å². The van der Waals surface area contributed by atoms with Crippen LogP contribution in [0.25, 0.3) is 0 Å². The molecule has 0 saturated carbocycles. The van der Waals surface area contributed by atoms with Gasteiger partial charge in [0.15, 0.2) is 0 Å². The van der Waals surface area contributed by atoms with Crippen molar-refractivity contribution in [2.24, 2.45) is 5.73 Å². The van der Waals surface area contributed by atoms with Gasteiger partial charge in [-0.15, -0.1) is 0 Å². The first kappa shape index (κ1) is 33.6. The molecule has 0 aliphatic carbocycles. The molecule has 8 N–H and O–H groups in total. The van der Waals surface area contributed by atoms with Crippen LogP contribution in [0.3, 0.4) is 0 Å². The number of nitrogens with one attached hydrogen (secondary N) is 3. The Labute approximate surface area is 230 Å². The normalized spacial score (nSPS) is 13.0. The monoisotopic (exact) mass is 572 g/mol. The van der Waals surface area contributed by atoms with E-state index >= 15 is 0 Å². The van der Waals surface area contributed by atoms with E-state index in [1.165, 1.54) is 11.8 Å². The molecule has 1 rings (SSSR count). The second-order valence-corrected chi connectivity index (χ2v) is 9.39. The molecule has 0 bridgehead atoms. The van der Waals surface area contributed by atoms with Gasteiger partial charge in [0.2, 0.25) is 17.7 Å². The van der Waals surface area contributed by atoms with Crippen molar-refractivity contribution >= 4 is 47.1 Å². The SMILES string of the molecule is CCOCC(O)COc1ccc(NC(=O)CCSC[C@H](NC(=O)CC[C@H](N)C(=O)O)C(=O)NCC(=O)O)cc1. The molecular formula is C24H36N4O10S. The number of carbonyl (C=O) groups excluding carboxylic acids is 3. The van der Waals surface area contributed by atoms with Gasteiger partial charge < -0.3 is 46.5 Å². The van der Waals surface area contributed by atoms with Crippen molar-refractivity contribution in [3.05, 3.63) is 24.3 Å². The van der Waals surface area contributed by atoms with Crippen molar-refractivity contribution in [1.82, 2.24) is 10.6 Å². The van der Waals surface area contributed by atoms with Gasteiger partial charge in [0.25, 0.3) is 0 Å². The Morgan fingerprint density at radius 3 is 2.33 bits per heavy atom. The zero-order chi connectivity index (χ0) is 29.2. The summed E-state index contributed by atoms with van der Waals surface area (Å²) in [6, 6.07) is 4.25. The number of carbonyl (C=O) groups is 5. The molecule has 0 heterocycles. The molecule has 1 aromatic carbocycles. The van der Waals surface area contributed by atoms with E-state index in [2.05, 4.69) is 16.0 Å². The number of amides is 3. The van der Waals surface area contributed by atoms with Crippen LogP contribution in [0.2, 0.25) is 0 Å². The van der Waals surface area contributed by atoms with E-state index in [-0.39, 0.29) is 44.1 Å². The maximum atomic E-state index is 12.3. The summed E-state index contributed by atoms with van der Waals surface area (Å²) in [4.78, 5) is 58.3. The molecule has 0 fully saturated rings. The van der Waals surface area contributed by atoms with Gasteiger partial charge in [0, 0.05) is 36.6 Å². The highest BCUT2D eigenvalue weighted by Gasteiger charge is 2.22. The lowest BCUT2D eigenvalue weighted by atomic mass is 10.1. The Bertz CT molecular complexity index is 947. The van der Waals surface area contributed by atoms with Crippen molar-refractivity contribution in [1.29, 1.82) is 0 Å². The number of hydrogen-bond donors (Lipinski definition) is 7. The van der Waals surface area contributed by atoms with Gasteiger partial charge in [-0.2, -0.15) is 11.8 Å². The molecule has 15 heteroatoms. The zero-order valence-corrected chi connectivity index (χ0v) is 22.4. The molecule has 39 heavy (non-hydrogen) atoms. The van der Waals surface area contributed by atoms with E-state index in [1.807, 2.05) is 6.92 Å². The minimum atomic E-state index is -1.26. The second kappa shape index (κ2) is 18.8. The third kappa shape index (κ3) is 15.6. The lowest BCUT2D eigenvalue weighted by Gasteiger charge is -2.18. The standard InChI is InChI=1S/C24H36N4O10S/c1-2-37-12-16(29)13-38-17-5-3-15(4-6-17)27-21(31)9-10-39-14-19(23(34)26-11-22(32)33)28-20(30)8-7-18(25)24(35)36/h3-6,16,18-19,29H,2,7-14,25H2,1H3,(H,26,34)(H,27,31)(H,28,30)(H,32,33)(H,35,36)/t16?,18-,19-/m0/s1. The maximum Gasteiger partial charge on any atom is 0.322 e. The number of carboxylic acid groups (broad SMARTS) is 2. The summed E-state index contributed by atoms with van der Waals surface area (Å²) in [5, 5.41) is 34.7. The number of nitrogens with two attached hydrogens (primary N) is 1. The first-order chi connectivity index (χ1) is 18.5. The minimum Gasteiger partial charge on any atom is -0.491 e. The highest BCUT2D eigenvalue weighted by molar-refractivity contribution is 7.99. The molecule has 0 aromatic heterocycles. The number of anilines is 1. The van der Waals surface area contributed by atoms with Gasteiger partial charge in [-0.05, 0) is 37.6 Å². The lowest BCUT2D eigenvalue weighted by molar-refractivity contribution is -0.139. The number of aliphatic hydroxyl groups excluding tert-OH is 1. The Hall–Kier alpha value is -3.40.